The lowest BCUT2D eigenvalue weighted by atomic mass is 10.0. The highest BCUT2D eigenvalue weighted by atomic mass is 14.8. The number of nitrogens with zero attached hydrogens (tertiary/aromatic N) is 2. The van der Waals surface area contributed by atoms with Gasteiger partial charge in [-0.2, -0.15) is 0 Å². The van der Waals surface area contributed by atoms with Crippen LogP contribution in [0.4, 0.5) is 0 Å². The third kappa shape index (κ3) is 2.25. The van der Waals surface area contributed by atoms with Crippen LogP contribution < -0.4 is 5.73 Å². The lowest BCUT2D eigenvalue weighted by Gasteiger charge is -2.12. The molecule has 0 fully saturated rings. The van der Waals surface area contributed by atoms with Gasteiger partial charge in [-0.05, 0) is 23.6 Å². The molecule has 0 aliphatic rings. The van der Waals surface area contributed by atoms with E-state index in [1.807, 2.05) is 18.2 Å². The number of nitrogens with two attached hydrogens (primary N) is 1. The second-order valence-electron chi connectivity index (χ2n) is 3.71. The topological polar surface area (TPSA) is 51.8 Å². The van der Waals surface area contributed by atoms with Crippen molar-refractivity contribution in [3.63, 3.8) is 0 Å². The van der Waals surface area contributed by atoms with E-state index in [1.165, 1.54) is 11.9 Å². The lowest BCUT2D eigenvalue weighted by molar-refractivity contribution is 0.817. The molecule has 2 aromatic rings. The van der Waals surface area contributed by atoms with Crippen LogP contribution in [-0.4, -0.2) is 9.97 Å². The van der Waals surface area contributed by atoms with Crippen molar-refractivity contribution in [3.8, 4) is 0 Å². The standard InChI is InChI=1S/C13H15N3/c1-2-10-4-3-5-11(8-10)13(14)12-6-7-15-9-16-12/h3-9,13H,2,14H2,1H3. The van der Waals surface area contributed by atoms with Crippen LogP contribution in [0.5, 0.6) is 0 Å². The SMILES string of the molecule is CCc1cccc(C(N)c2ccncn2)c1. The fourth-order valence-corrected chi connectivity index (χ4v) is 1.66. The molecule has 1 unspecified atom stereocenters. The maximum atomic E-state index is 6.15. The minimum Gasteiger partial charge on any atom is -0.319 e. The van der Waals surface area contributed by atoms with Gasteiger partial charge in [-0.1, -0.05) is 31.2 Å². The Balaban J connectivity index is 2.30. The van der Waals surface area contributed by atoms with Crippen molar-refractivity contribution in [1.29, 1.82) is 0 Å². The monoisotopic (exact) mass is 213 g/mol. The van der Waals surface area contributed by atoms with E-state index >= 15 is 0 Å². The molecule has 0 saturated heterocycles. The number of hydrogen-bond donors (Lipinski definition) is 1. The molecule has 1 atom stereocenters. The van der Waals surface area contributed by atoms with Crippen LogP contribution in [0.3, 0.4) is 0 Å². The van der Waals surface area contributed by atoms with E-state index in [2.05, 4.69) is 29.0 Å². The number of rotatable bonds is 3. The third-order valence-corrected chi connectivity index (χ3v) is 2.64. The molecule has 3 heteroatoms. The predicted molar refractivity (Wildman–Crippen MR) is 63.9 cm³/mol. The Morgan fingerprint density at radius 2 is 2.19 bits per heavy atom. The summed E-state index contributed by atoms with van der Waals surface area (Å²) in [6.07, 6.45) is 4.26. The summed E-state index contributed by atoms with van der Waals surface area (Å²) in [5.41, 5.74) is 9.39. The zero-order valence-corrected chi connectivity index (χ0v) is 9.30. The molecule has 0 spiro atoms. The van der Waals surface area contributed by atoms with Crippen molar-refractivity contribution >= 4 is 0 Å². The Labute approximate surface area is 95.4 Å². The first kappa shape index (κ1) is 10.8. The molecule has 0 bridgehead atoms. The van der Waals surface area contributed by atoms with Gasteiger partial charge in [-0.25, -0.2) is 9.97 Å². The normalized spacial score (nSPS) is 12.4. The summed E-state index contributed by atoms with van der Waals surface area (Å²) in [4.78, 5) is 8.06. The first-order chi connectivity index (χ1) is 7.81. The minimum absolute atomic E-state index is 0.172. The van der Waals surface area contributed by atoms with Gasteiger partial charge in [-0.15, -0.1) is 0 Å². The predicted octanol–water partition coefficient (Wildman–Crippen LogP) is 2.09. The Hall–Kier alpha value is -1.74. The average Bonchev–Trinajstić information content (AvgIpc) is 2.39. The van der Waals surface area contributed by atoms with Crippen molar-refractivity contribution < 1.29 is 0 Å². The van der Waals surface area contributed by atoms with E-state index < -0.39 is 0 Å². The molecule has 0 aliphatic heterocycles. The molecule has 1 aromatic carbocycles. The van der Waals surface area contributed by atoms with Gasteiger partial charge in [0, 0.05) is 6.20 Å². The molecule has 1 aromatic heterocycles. The van der Waals surface area contributed by atoms with E-state index in [0.717, 1.165) is 17.7 Å². The van der Waals surface area contributed by atoms with Gasteiger partial charge < -0.3 is 5.73 Å². The van der Waals surface area contributed by atoms with Crippen LogP contribution in [0.1, 0.15) is 29.8 Å². The largest absolute Gasteiger partial charge is 0.319 e. The molecule has 16 heavy (non-hydrogen) atoms. The van der Waals surface area contributed by atoms with Crippen molar-refractivity contribution in [1.82, 2.24) is 9.97 Å². The van der Waals surface area contributed by atoms with E-state index in [1.54, 1.807) is 6.20 Å². The second-order valence-corrected chi connectivity index (χ2v) is 3.71. The quantitative estimate of drug-likeness (QED) is 0.849. The molecule has 0 aliphatic carbocycles. The van der Waals surface area contributed by atoms with Crippen LogP contribution in [0.25, 0.3) is 0 Å². The summed E-state index contributed by atoms with van der Waals surface area (Å²) in [5.74, 6) is 0. The average molecular weight is 213 g/mol. The molecule has 3 nitrogen and oxygen atoms in total. The Morgan fingerprint density at radius 1 is 1.31 bits per heavy atom. The summed E-state index contributed by atoms with van der Waals surface area (Å²) < 4.78 is 0. The summed E-state index contributed by atoms with van der Waals surface area (Å²) in [6, 6.07) is 9.99. The highest BCUT2D eigenvalue weighted by molar-refractivity contribution is 5.30. The summed E-state index contributed by atoms with van der Waals surface area (Å²) in [7, 11) is 0. The maximum Gasteiger partial charge on any atom is 0.115 e. The van der Waals surface area contributed by atoms with Crippen LogP contribution in [0.2, 0.25) is 0 Å². The molecular formula is C13H15N3. The molecule has 0 radical (unpaired) electrons. The van der Waals surface area contributed by atoms with Gasteiger partial charge in [0.05, 0.1) is 11.7 Å². The van der Waals surface area contributed by atoms with E-state index in [0.29, 0.717) is 0 Å². The van der Waals surface area contributed by atoms with Gasteiger partial charge in [0.2, 0.25) is 0 Å². The number of aryl methyl sites for hydroxylation is 1. The summed E-state index contributed by atoms with van der Waals surface area (Å²) in [5, 5.41) is 0. The Kier molecular flexibility index (Phi) is 3.27. The van der Waals surface area contributed by atoms with Gasteiger partial charge in [0.15, 0.2) is 0 Å². The number of hydrogen-bond acceptors (Lipinski definition) is 3. The van der Waals surface area contributed by atoms with Crippen molar-refractivity contribution in [3.05, 3.63) is 59.7 Å². The third-order valence-electron chi connectivity index (χ3n) is 2.64. The van der Waals surface area contributed by atoms with Crippen LogP contribution in [-0.2, 0) is 6.42 Å². The highest BCUT2D eigenvalue weighted by Crippen LogP contribution is 2.18. The first-order valence-electron chi connectivity index (χ1n) is 5.41. The zero-order valence-electron chi connectivity index (χ0n) is 9.30. The van der Waals surface area contributed by atoms with Crippen molar-refractivity contribution in [2.45, 2.75) is 19.4 Å². The Bertz CT molecular complexity index is 454. The molecule has 1 heterocycles. The smallest absolute Gasteiger partial charge is 0.115 e. The van der Waals surface area contributed by atoms with Crippen LogP contribution in [0, 0.1) is 0 Å². The van der Waals surface area contributed by atoms with Gasteiger partial charge in [-0.3, -0.25) is 0 Å². The fraction of sp³-hybridized carbons (Fsp3) is 0.231. The summed E-state index contributed by atoms with van der Waals surface area (Å²) >= 11 is 0. The molecule has 0 amide bonds. The van der Waals surface area contributed by atoms with Gasteiger partial charge in [0.1, 0.15) is 6.33 Å². The molecule has 2 N–H and O–H groups in total. The fourth-order valence-electron chi connectivity index (χ4n) is 1.66. The Morgan fingerprint density at radius 3 is 2.88 bits per heavy atom. The number of aromatic nitrogens is 2. The van der Waals surface area contributed by atoms with Crippen LogP contribution in [0.15, 0.2) is 42.9 Å². The van der Waals surface area contributed by atoms with Crippen molar-refractivity contribution in [2.24, 2.45) is 5.73 Å². The summed E-state index contributed by atoms with van der Waals surface area (Å²) in [6.45, 7) is 2.13. The molecular weight excluding hydrogens is 198 g/mol. The number of benzene rings is 1. The highest BCUT2D eigenvalue weighted by Gasteiger charge is 2.09. The zero-order chi connectivity index (χ0) is 11.4. The van der Waals surface area contributed by atoms with Gasteiger partial charge in [0.25, 0.3) is 0 Å². The first-order valence-corrected chi connectivity index (χ1v) is 5.41. The van der Waals surface area contributed by atoms with Crippen molar-refractivity contribution in [2.75, 3.05) is 0 Å². The van der Waals surface area contributed by atoms with E-state index in [4.69, 9.17) is 5.73 Å². The van der Waals surface area contributed by atoms with Crippen LogP contribution >= 0.6 is 0 Å². The lowest BCUT2D eigenvalue weighted by Crippen LogP contribution is -2.13. The van der Waals surface area contributed by atoms with E-state index in [9.17, 15) is 0 Å². The minimum atomic E-state index is -0.172. The molecule has 0 saturated carbocycles. The second kappa shape index (κ2) is 4.86. The molecule has 82 valence electrons. The van der Waals surface area contributed by atoms with E-state index in [-0.39, 0.29) is 6.04 Å². The maximum absolute atomic E-state index is 6.15. The molecule has 2 rings (SSSR count). The van der Waals surface area contributed by atoms with Gasteiger partial charge >= 0.3 is 0 Å².